The third-order valence-corrected chi connectivity index (χ3v) is 6.65. The maximum Gasteiger partial charge on any atom is 0.383 e. The highest BCUT2D eigenvalue weighted by molar-refractivity contribution is 7.96. The summed E-state index contributed by atoms with van der Waals surface area (Å²) in [7, 11) is 0. The largest absolute Gasteiger partial charge is 0.383 e. The van der Waals surface area contributed by atoms with Gasteiger partial charge in [-0.3, -0.25) is 9.59 Å². The van der Waals surface area contributed by atoms with Crippen LogP contribution in [0.3, 0.4) is 0 Å². The summed E-state index contributed by atoms with van der Waals surface area (Å²) < 4.78 is -0.103. The molecule has 0 bridgehead atoms. The highest BCUT2D eigenvalue weighted by Crippen LogP contribution is 2.47. The van der Waals surface area contributed by atoms with Gasteiger partial charge in [0.25, 0.3) is 10.9 Å². The number of ketones is 1. The van der Waals surface area contributed by atoms with Crippen LogP contribution in [0, 0.1) is 5.92 Å². The van der Waals surface area contributed by atoms with Gasteiger partial charge in [-0.15, -0.1) is 0 Å². The predicted molar refractivity (Wildman–Crippen MR) is 99.0 cm³/mol. The van der Waals surface area contributed by atoms with Gasteiger partial charge in [0.15, 0.2) is 0 Å². The van der Waals surface area contributed by atoms with E-state index in [1.54, 1.807) is 0 Å². The van der Waals surface area contributed by atoms with Crippen LogP contribution in [0.1, 0.15) is 51.0 Å². The standard InChI is InChI=1S/C20H25NO3S/c1-2-21(18(23)17(22)15-9-6-7-10-15)14-8-13-20(21,19(24)25)16-11-4-3-5-12-16/h3-5,11-12,15H,2,6-10,13-14H2,1H3/p+1/t20-,21?/m1/s1. The van der Waals surface area contributed by atoms with Gasteiger partial charge >= 0.3 is 5.91 Å². The van der Waals surface area contributed by atoms with E-state index in [9.17, 15) is 14.4 Å². The molecular formula is C20H26NO3S+. The molecule has 25 heavy (non-hydrogen) atoms. The molecule has 1 saturated heterocycles. The number of benzene rings is 1. The van der Waals surface area contributed by atoms with Crippen LogP contribution in [-0.2, 0) is 19.9 Å². The first-order chi connectivity index (χ1) is 12.0. The summed E-state index contributed by atoms with van der Waals surface area (Å²) in [5, 5.41) is -0.314. The average Bonchev–Trinajstić information content (AvgIpc) is 3.29. The first-order valence-electron chi connectivity index (χ1n) is 9.24. The van der Waals surface area contributed by atoms with Crippen molar-refractivity contribution >= 4 is 29.4 Å². The van der Waals surface area contributed by atoms with E-state index in [0.29, 0.717) is 19.5 Å². The van der Waals surface area contributed by atoms with Gasteiger partial charge in [-0.2, -0.15) is 0 Å². The van der Waals surface area contributed by atoms with Gasteiger partial charge in [-0.1, -0.05) is 55.8 Å². The lowest BCUT2D eigenvalue weighted by molar-refractivity contribution is -0.884. The maximum absolute atomic E-state index is 13.4. The van der Waals surface area contributed by atoms with E-state index in [4.69, 9.17) is 0 Å². The molecule has 1 aliphatic carbocycles. The summed E-state index contributed by atoms with van der Waals surface area (Å²) >= 11 is 4.21. The number of rotatable bonds is 5. The molecule has 134 valence electrons. The van der Waals surface area contributed by atoms with Crippen LogP contribution in [0.2, 0.25) is 0 Å². The molecule has 1 amide bonds. The lowest BCUT2D eigenvalue weighted by Crippen LogP contribution is -2.66. The van der Waals surface area contributed by atoms with Gasteiger partial charge in [-0.05, 0) is 19.8 Å². The maximum atomic E-state index is 13.4. The van der Waals surface area contributed by atoms with Crippen LogP contribution in [0.4, 0.5) is 0 Å². The van der Waals surface area contributed by atoms with Crippen molar-refractivity contribution in [3.63, 3.8) is 0 Å². The third kappa shape index (κ3) is 2.68. The number of likely N-dealkylation sites (tertiary alicyclic amines) is 1. The van der Waals surface area contributed by atoms with Gasteiger partial charge < -0.3 is 0 Å². The van der Waals surface area contributed by atoms with Crippen molar-refractivity contribution in [2.24, 2.45) is 5.92 Å². The smallest absolute Gasteiger partial charge is 0.284 e. The Hall–Kier alpha value is -1.46. The first kappa shape index (κ1) is 18.3. The fraction of sp³-hybridized carbons (Fsp3) is 0.550. The Kier molecular flexibility index (Phi) is 5.16. The van der Waals surface area contributed by atoms with Gasteiger partial charge in [-0.25, -0.2) is 9.28 Å². The normalized spacial score (nSPS) is 29.7. The predicted octanol–water partition coefficient (Wildman–Crippen LogP) is 3.25. The molecule has 2 aliphatic rings. The van der Waals surface area contributed by atoms with Crippen LogP contribution in [0.25, 0.3) is 0 Å². The number of Topliss-reactive ketones (excluding diaryl/α,β-unsaturated/α-hetero) is 1. The average molecular weight is 360 g/mol. The van der Waals surface area contributed by atoms with Crippen molar-refractivity contribution in [1.29, 1.82) is 0 Å². The van der Waals surface area contributed by atoms with Crippen molar-refractivity contribution in [2.45, 2.75) is 51.0 Å². The number of hydrogen-bond donors (Lipinski definition) is 1. The molecule has 1 unspecified atom stereocenters. The lowest BCUT2D eigenvalue weighted by atomic mass is 9.85. The molecule has 2 atom stereocenters. The van der Waals surface area contributed by atoms with E-state index in [1.807, 2.05) is 37.3 Å². The van der Waals surface area contributed by atoms with Crippen molar-refractivity contribution in [1.82, 2.24) is 0 Å². The van der Waals surface area contributed by atoms with E-state index in [-0.39, 0.29) is 21.3 Å². The Morgan fingerprint density at radius 2 is 1.76 bits per heavy atom. The van der Waals surface area contributed by atoms with E-state index < -0.39 is 11.4 Å². The van der Waals surface area contributed by atoms with E-state index in [1.165, 1.54) is 0 Å². The Bertz CT molecular complexity index is 683. The highest BCUT2D eigenvalue weighted by atomic mass is 32.1. The Morgan fingerprint density at radius 1 is 1.12 bits per heavy atom. The van der Waals surface area contributed by atoms with Gasteiger partial charge in [0.1, 0.15) is 0 Å². The summed E-state index contributed by atoms with van der Waals surface area (Å²) in [5.41, 5.74) is -0.258. The molecule has 5 heteroatoms. The topological polar surface area (TPSA) is 51.2 Å². The molecule has 1 heterocycles. The number of carbonyl (C=O) groups excluding carboxylic acids is 3. The van der Waals surface area contributed by atoms with Gasteiger partial charge in [0, 0.05) is 24.3 Å². The van der Waals surface area contributed by atoms with E-state index in [2.05, 4.69) is 12.6 Å². The monoisotopic (exact) mass is 360 g/mol. The van der Waals surface area contributed by atoms with Crippen molar-refractivity contribution in [2.75, 3.05) is 13.1 Å². The molecule has 0 spiro atoms. The zero-order valence-electron chi connectivity index (χ0n) is 14.7. The van der Waals surface area contributed by atoms with Crippen LogP contribution < -0.4 is 0 Å². The summed E-state index contributed by atoms with van der Waals surface area (Å²) in [4.78, 5) is 39.1. The number of hydrogen-bond acceptors (Lipinski definition) is 3. The number of likely N-dealkylation sites (N-methyl/N-ethyl adjacent to an activating group) is 1. The molecule has 0 N–H and O–H groups in total. The summed E-state index contributed by atoms with van der Waals surface area (Å²) in [6, 6.07) is 9.41. The second-order valence-corrected chi connectivity index (χ2v) is 7.70. The van der Waals surface area contributed by atoms with E-state index in [0.717, 1.165) is 37.7 Å². The number of carbonyl (C=O) groups is 3. The lowest BCUT2D eigenvalue weighted by Gasteiger charge is -2.44. The molecule has 2 fully saturated rings. The first-order valence-corrected chi connectivity index (χ1v) is 9.69. The zero-order valence-corrected chi connectivity index (χ0v) is 15.6. The second-order valence-electron chi connectivity index (χ2n) is 7.29. The molecule has 0 radical (unpaired) electrons. The molecule has 0 aromatic heterocycles. The number of quaternary nitrogens is 1. The molecular weight excluding hydrogens is 334 g/mol. The molecule has 4 nitrogen and oxygen atoms in total. The van der Waals surface area contributed by atoms with Crippen molar-refractivity contribution in [3.8, 4) is 0 Å². The minimum Gasteiger partial charge on any atom is -0.284 e. The summed E-state index contributed by atoms with van der Waals surface area (Å²) in [5.74, 6) is -0.840. The summed E-state index contributed by atoms with van der Waals surface area (Å²) in [6.45, 7) is 2.85. The molecule has 1 aromatic rings. The quantitative estimate of drug-likeness (QED) is 0.498. The molecule has 1 aliphatic heterocycles. The summed E-state index contributed by atoms with van der Waals surface area (Å²) in [6.07, 6.45) is 4.88. The molecule has 1 saturated carbocycles. The fourth-order valence-corrected chi connectivity index (χ4v) is 5.38. The Morgan fingerprint density at radius 3 is 2.32 bits per heavy atom. The Labute approximate surface area is 154 Å². The number of nitrogens with zero attached hydrogens (tertiary/aromatic N) is 1. The minimum absolute atomic E-state index is 0.103. The fourth-order valence-electron chi connectivity index (χ4n) is 4.95. The number of amides is 1. The van der Waals surface area contributed by atoms with Crippen LogP contribution >= 0.6 is 12.6 Å². The minimum atomic E-state index is -1.05. The van der Waals surface area contributed by atoms with Crippen LogP contribution in [0.5, 0.6) is 0 Å². The highest BCUT2D eigenvalue weighted by Gasteiger charge is 2.64. The van der Waals surface area contributed by atoms with E-state index >= 15 is 0 Å². The van der Waals surface area contributed by atoms with Crippen LogP contribution in [0.15, 0.2) is 30.3 Å². The molecule has 3 rings (SSSR count). The van der Waals surface area contributed by atoms with Gasteiger partial charge in [0.05, 0.1) is 13.1 Å². The number of thiol groups is 1. The Balaban J connectivity index is 2.09. The van der Waals surface area contributed by atoms with Gasteiger partial charge in [0.2, 0.25) is 5.54 Å². The second kappa shape index (κ2) is 7.04. The third-order valence-electron chi connectivity index (χ3n) is 6.28. The zero-order chi connectivity index (χ0) is 18.1. The van der Waals surface area contributed by atoms with Crippen molar-refractivity contribution < 1.29 is 18.9 Å². The molecule has 1 aromatic carbocycles. The SMILES string of the molecule is CC[N+]1(C(=O)C(=O)C2CCCC2)CCC[C@]1(C(=O)S)c1ccccc1. The van der Waals surface area contributed by atoms with Crippen molar-refractivity contribution in [3.05, 3.63) is 35.9 Å². The van der Waals surface area contributed by atoms with Crippen LogP contribution in [-0.4, -0.2) is 34.4 Å².